The normalized spacial score (nSPS) is 28.4. The maximum Gasteiger partial charge on any atom is 0.269 e. The number of carbonyl (C=O) groups excluding carboxylic acids is 2. The molecule has 0 unspecified atom stereocenters. The molecule has 0 aromatic heterocycles. The third-order valence-corrected chi connectivity index (χ3v) is 11.1. The van der Waals surface area contributed by atoms with Gasteiger partial charge in [-0.15, -0.1) is 0 Å². The molecule has 0 radical (unpaired) electrons. The van der Waals surface area contributed by atoms with Crippen LogP contribution in [0.3, 0.4) is 0 Å². The monoisotopic (exact) mass is 553 g/mol. The third kappa shape index (κ3) is 4.56. The zero-order valence-corrected chi connectivity index (χ0v) is 23.4. The van der Waals surface area contributed by atoms with Gasteiger partial charge in [0.15, 0.2) is 13.9 Å². The second-order valence-electron chi connectivity index (χ2n) is 11.5. The highest BCUT2D eigenvalue weighted by atomic mass is 28.4. The van der Waals surface area contributed by atoms with Crippen molar-refractivity contribution in [1.29, 1.82) is 0 Å². The van der Waals surface area contributed by atoms with E-state index in [9.17, 15) is 29.6 Å². The first-order chi connectivity index (χ1) is 18.5. The van der Waals surface area contributed by atoms with Crippen LogP contribution in [0.4, 0.5) is 11.4 Å². The van der Waals surface area contributed by atoms with Gasteiger partial charge < -0.3 is 24.4 Å². The fourth-order valence-electron chi connectivity index (χ4n) is 6.95. The minimum atomic E-state index is -3.01. The molecule has 3 aliphatic rings. The quantitative estimate of drug-likeness (QED) is 0.305. The van der Waals surface area contributed by atoms with Gasteiger partial charge in [0.25, 0.3) is 11.6 Å². The lowest BCUT2D eigenvalue weighted by Gasteiger charge is -2.32. The van der Waals surface area contributed by atoms with Crippen molar-refractivity contribution in [2.45, 2.75) is 69.1 Å². The molecule has 2 fully saturated rings. The number of aliphatic hydroxyl groups is 1. The van der Waals surface area contributed by atoms with Gasteiger partial charge in [-0.1, -0.05) is 37.3 Å². The van der Waals surface area contributed by atoms with Gasteiger partial charge in [-0.3, -0.25) is 19.7 Å². The van der Waals surface area contributed by atoms with Crippen molar-refractivity contribution in [3.8, 4) is 0 Å². The molecule has 2 aromatic carbocycles. The number of nitro benzene ring substituents is 1. The maximum absolute atomic E-state index is 14.4. The van der Waals surface area contributed by atoms with Crippen LogP contribution in [0.15, 0.2) is 48.5 Å². The Morgan fingerprint density at radius 1 is 1.23 bits per heavy atom. The highest BCUT2D eigenvalue weighted by molar-refractivity contribution is 6.71. The summed E-state index contributed by atoms with van der Waals surface area (Å²) in [7, 11) is -3.01. The van der Waals surface area contributed by atoms with E-state index in [0.717, 1.165) is 18.4 Å². The van der Waals surface area contributed by atoms with E-state index in [0.29, 0.717) is 17.8 Å². The number of aliphatic hydroxyl groups excluding tert-OH is 1. The highest BCUT2D eigenvalue weighted by Crippen LogP contribution is 2.60. The van der Waals surface area contributed by atoms with Crippen LogP contribution in [-0.2, 0) is 26.5 Å². The zero-order chi connectivity index (χ0) is 28.1. The van der Waals surface area contributed by atoms with Gasteiger partial charge in [0.2, 0.25) is 5.91 Å². The number of hydrogen-bond acceptors (Lipinski definition) is 7. The lowest BCUT2D eigenvalue weighted by molar-refractivity contribution is -0.385. The van der Waals surface area contributed by atoms with E-state index in [-0.39, 0.29) is 43.1 Å². The van der Waals surface area contributed by atoms with Crippen LogP contribution in [0.2, 0.25) is 18.6 Å². The van der Waals surface area contributed by atoms with Crippen LogP contribution in [0.25, 0.3) is 0 Å². The van der Waals surface area contributed by atoms with Gasteiger partial charge in [0, 0.05) is 35.7 Å². The number of likely N-dealkylation sites (tertiary alicyclic amines) is 1. The van der Waals surface area contributed by atoms with Crippen molar-refractivity contribution in [2.24, 2.45) is 5.92 Å². The summed E-state index contributed by atoms with van der Waals surface area (Å²) in [5.41, 5.74) is -0.383. The van der Waals surface area contributed by atoms with E-state index < -0.39 is 36.4 Å². The fraction of sp³-hybridized carbons (Fsp3) is 0.500. The van der Waals surface area contributed by atoms with Crippen molar-refractivity contribution >= 4 is 31.5 Å². The van der Waals surface area contributed by atoms with Gasteiger partial charge >= 0.3 is 0 Å². The summed E-state index contributed by atoms with van der Waals surface area (Å²) in [5.74, 6) is -1.07. The Balaban J connectivity index is 1.58. The van der Waals surface area contributed by atoms with E-state index in [2.05, 4.69) is 0 Å². The molecule has 0 saturated carbocycles. The summed E-state index contributed by atoms with van der Waals surface area (Å²) >= 11 is 0. The molecule has 11 heteroatoms. The van der Waals surface area contributed by atoms with Crippen LogP contribution in [0.5, 0.6) is 0 Å². The smallest absolute Gasteiger partial charge is 0.269 e. The highest BCUT2D eigenvalue weighted by Gasteiger charge is 2.66. The first kappa shape index (κ1) is 27.4. The minimum Gasteiger partial charge on any atom is -0.432 e. The molecular formula is C28H35N3O7Si. The number of hydrogen-bond donors (Lipinski definition) is 2. The summed E-state index contributed by atoms with van der Waals surface area (Å²) in [6.45, 7) is 6.07. The third-order valence-electron chi connectivity index (χ3n) is 8.65. The van der Waals surface area contributed by atoms with Crippen molar-refractivity contribution in [3.05, 3.63) is 69.8 Å². The second-order valence-corrected chi connectivity index (χ2v) is 15.4. The van der Waals surface area contributed by atoms with Crippen LogP contribution in [0.1, 0.15) is 37.3 Å². The number of non-ortho nitro benzene ring substituents is 1. The number of ether oxygens (including phenoxy) is 1. The van der Waals surface area contributed by atoms with Crippen LogP contribution in [0, 0.1) is 16.0 Å². The first-order valence-electron chi connectivity index (χ1n) is 13.4. The molecule has 5 rings (SSSR count). The maximum atomic E-state index is 14.4. The average molecular weight is 554 g/mol. The molecule has 5 atom stereocenters. The molecule has 0 bridgehead atoms. The van der Waals surface area contributed by atoms with Crippen molar-refractivity contribution < 1.29 is 29.2 Å². The Labute approximate surface area is 228 Å². The molecule has 2 saturated heterocycles. The predicted octanol–water partition coefficient (Wildman–Crippen LogP) is 3.31. The molecule has 10 nitrogen and oxygen atoms in total. The van der Waals surface area contributed by atoms with Gasteiger partial charge in [0.05, 0.1) is 42.3 Å². The zero-order valence-electron chi connectivity index (χ0n) is 22.4. The average Bonchev–Trinajstić information content (AvgIpc) is 3.55. The Hall–Kier alpha value is -3.12. The number of nitrogens with zero attached hydrogens (tertiary/aromatic N) is 3. The standard InChI is InChI=1S/C28H35N3O7Si/c1-18-26(39(2,3)37)24(15-25(33)29-13-7-10-21(29)17-32)38-28(18)22-14-20(31(35)36)11-12-23(22)30(27(28)34)16-19-8-5-4-6-9-19/h4-6,8-9,11-12,14,18,21,24,26,32,37H,7,10,13,15-17H2,1-3H3/t18-,21+,24+,26-,28+/m1/s1. The SMILES string of the molecule is C[C@@H]1[C@@H]([Si](C)(C)O)[C@H](CC(=O)N2CCC[C@H]2CO)O[C@@]12C(=O)N(Cc1ccccc1)c1ccc([N+](=O)[O-])cc12. The molecule has 3 heterocycles. The molecule has 39 heavy (non-hydrogen) atoms. The molecule has 2 aromatic rings. The summed E-state index contributed by atoms with van der Waals surface area (Å²) in [6.07, 6.45) is 0.727. The van der Waals surface area contributed by atoms with E-state index >= 15 is 0 Å². The summed E-state index contributed by atoms with van der Waals surface area (Å²) in [5, 5.41) is 21.5. The molecule has 0 aliphatic carbocycles. The number of amides is 2. The summed E-state index contributed by atoms with van der Waals surface area (Å²) in [4.78, 5) is 53.7. The van der Waals surface area contributed by atoms with Crippen LogP contribution >= 0.6 is 0 Å². The van der Waals surface area contributed by atoms with Gasteiger partial charge in [-0.2, -0.15) is 0 Å². The Bertz CT molecular complexity index is 1280. The molecule has 1 spiro atoms. The molecule has 3 aliphatic heterocycles. The van der Waals surface area contributed by atoms with E-state index in [1.807, 2.05) is 37.3 Å². The van der Waals surface area contributed by atoms with Crippen LogP contribution in [-0.4, -0.2) is 65.2 Å². The lowest BCUT2D eigenvalue weighted by atomic mass is 9.82. The number of benzene rings is 2. The molecule has 2 amide bonds. The van der Waals surface area contributed by atoms with Gasteiger partial charge in [-0.25, -0.2) is 0 Å². The number of nitro groups is 1. The number of rotatable bonds is 7. The van der Waals surface area contributed by atoms with Crippen LogP contribution < -0.4 is 4.90 Å². The van der Waals surface area contributed by atoms with Gasteiger partial charge in [-0.05, 0) is 37.6 Å². The van der Waals surface area contributed by atoms with E-state index in [4.69, 9.17) is 4.74 Å². The molecule has 208 valence electrons. The van der Waals surface area contributed by atoms with E-state index in [1.165, 1.54) is 12.1 Å². The summed E-state index contributed by atoms with van der Waals surface area (Å²) in [6, 6.07) is 13.6. The first-order valence-corrected chi connectivity index (χ1v) is 16.5. The topological polar surface area (TPSA) is 133 Å². The predicted molar refractivity (Wildman–Crippen MR) is 146 cm³/mol. The number of anilines is 1. The molecular weight excluding hydrogens is 518 g/mol. The lowest BCUT2D eigenvalue weighted by Crippen LogP contribution is -2.46. The fourth-order valence-corrected chi connectivity index (χ4v) is 9.50. The van der Waals surface area contributed by atoms with Gasteiger partial charge in [0.1, 0.15) is 0 Å². The second kappa shape index (κ2) is 10.1. The number of fused-ring (bicyclic) bond motifs is 2. The van der Waals surface area contributed by atoms with Crippen molar-refractivity contribution in [1.82, 2.24) is 4.90 Å². The van der Waals surface area contributed by atoms with E-state index in [1.54, 1.807) is 29.0 Å². The largest absolute Gasteiger partial charge is 0.432 e. The Morgan fingerprint density at radius 2 is 1.95 bits per heavy atom. The van der Waals surface area contributed by atoms with Crippen molar-refractivity contribution in [2.75, 3.05) is 18.1 Å². The molecule has 2 N–H and O–H groups in total. The Kier molecular flexibility index (Phi) is 7.12. The number of carbonyl (C=O) groups is 2. The summed E-state index contributed by atoms with van der Waals surface area (Å²) < 4.78 is 6.65. The van der Waals surface area contributed by atoms with Crippen molar-refractivity contribution in [3.63, 3.8) is 0 Å². The Morgan fingerprint density at radius 3 is 2.59 bits per heavy atom. The minimum absolute atomic E-state index is 0.0412.